The second-order valence-corrected chi connectivity index (χ2v) is 8.07. The van der Waals surface area contributed by atoms with Gasteiger partial charge in [0.1, 0.15) is 12.1 Å². The summed E-state index contributed by atoms with van der Waals surface area (Å²) in [5.74, 6) is -1.21. The Morgan fingerprint density at radius 1 is 1.08 bits per heavy atom. The van der Waals surface area contributed by atoms with Crippen molar-refractivity contribution in [1.82, 2.24) is 15.4 Å². The van der Waals surface area contributed by atoms with Crippen LogP contribution in [0, 0.1) is 5.92 Å². The molecule has 0 aliphatic heterocycles. The number of nitrogens with one attached hydrogen (secondary N) is 3. The zero-order chi connectivity index (χ0) is 19.2. The molecular formula is C16H24ClN3O4S. The summed E-state index contributed by atoms with van der Waals surface area (Å²) in [5.41, 5.74) is 0. The highest BCUT2D eigenvalue weighted by atomic mass is 35.5. The number of sulfonamides is 1. The van der Waals surface area contributed by atoms with Crippen molar-refractivity contribution in [2.45, 2.75) is 44.7 Å². The molecule has 1 aromatic carbocycles. The largest absolute Gasteiger partial charge is 0.355 e. The highest BCUT2D eigenvalue weighted by Crippen LogP contribution is 2.15. The van der Waals surface area contributed by atoms with Crippen LogP contribution in [0.2, 0.25) is 5.02 Å². The maximum absolute atomic E-state index is 12.5. The molecule has 7 nitrogen and oxygen atoms in total. The third-order valence-corrected chi connectivity index (χ3v) is 5.17. The van der Waals surface area contributed by atoms with Crippen molar-refractivity contribution >= 4 is 33.4 Å². The van der Waals surface area contributed by atoms with Gasteiger partial charge in [0.2, 0.25) is 21.8 Å². The van der Waals surface area contributed by atoms with E-state index in [1.807, 2.05) is 0 Å². The maximum atomic E-state index is 12.5. The molecule has 0 aliphatic rings. The molecule has 25 heavy (non-hydrogen) atoms. The number of carbonyl (C=O) groups excluding carboxylic acids is 2. The minimum atomic E-state index is -3.90. The summed E-state index contributed by atoms with van der Waals surface area (Å²) in [6.45, 7) is 7.17. The Hall–Kier alpha value is -1.64. The minimum Gasteiger partial charge on any atom is -0.355 e. The molecule has 2 atom stereocenters. The Balaban J connectivity index is 2.91. The van der Waals surface area contributed by atoms with Crippen LogP contribution in [0.1, 0.15) is 27.7 Å². The van der Waals surface area contributed by atoms with Crippen LogP contribution in [0.25, 0.3) is 0 Å². The van der Waals surface area contributed by atoms with Gasteiger partial charge in [0.15, 0.2) is 0 Å². The van der Waals surface area contributed by atoms with Crippen LogP contribution in [0.4, 0.5) is 0 Å². The summed E-state index contributed by atoms with van der Waals surface area (Å²) in [5, 5.41) is 5.53. The van der Waals surface area contributed by atoms with Crippen LogP contribution in [-0.4, -0.2) is 38.9 Å². The molecule has 0 fully saturated rings. The summed E-state index contributed by atoms with van der Waals surface area (Å²) >= 11 is 5.76. The molecule has 2 amide bonds. The van der Waals surface area contributed by atoms with Crippen LogP contribution < -0.4 is 15.4 Å². The molecule has 0 aliphatic carbocycles. The zero-order valence-corrected chi connectivity index (χ0v) is 16.2. The lowest BCUT2D eigenvalue weighted by molar-refractivity contribution is -0.129. The molecule has 1 aromatic rings. The molecule has 0 heterocycles. The van der Waals surface area contributed by atoms with Crippen molar-refractivity contribution in [3.05, 3.63) is 29.3 Å². The Kier molecular flexibility index (Phi) is 7.85. The smallest absolute Gasteiger partial charge is 0.242 e. The highest BCUT2D eigenvalue weighted by molar-refractivity contribution is 7.89. The van der Waals surface area contributed by atoms with E-state index in [0.717, 1.165) is 0 Å². The quantitative estimate of drug-likeness (QED) is 0.623. The average Bonchev–Trinajstić information content (AvgIpc) is 2.52. The van der Waals surface area contributed by atoms with Crippen molar-refractivity contribution in [3.8, 4) is 0 Å². The summed E-state index contributed by atoms with van der Waals surface area (Å²) in [6.07, 6.45) is 0. The average molecular weight is 390 g/mol. The van der Waals surface area contributed by atoms with E-state index in [4.69, 9.17) is 11.6 Å². The van der Waals surface area contributed by atoms with E-state index in [-0.39, 0.29) is 16.7 Å². The lowest BCUT2D eigenvalue weighted by Crippen LogP contribution is -2.54. The molecular weight excluding hydrogens is 366 g/mol. The standard InChI is InChI=1S/C16H24ClN3O4S/c1-5-18-15(21)11(4)19-16(22)14(10(2)3)20-25(23,24)13-8-6-12(17)7-9-13/h6-11,14,20H,5H2,1-4H3,(H,18,21)(H,19,22)/t11?,14-/m0/s1. The van der Waals surface area contributed by atoms with Gasteiger partial charge < -0.3 is 10.6 Å². The summed E-state index contributed by atoms with van der Waals surface area (Å²) in [7, 11) is -3.90. The lowest BCUT2D eigenvalue weighted by Gasteiger charge is -2.23. The van der Waals surface area contributed by atoms with Gasteiger partial charge in [0.05, 0.1) is 4.90 Å². The molecule has 0 aromatic heterocycles. The predicted molar refractivity (Wildman–Crippen MR) is 96.7 cm³/mol. The van der Waals surface area contributed by atoms with Gasteiger partial charge in [-0.1, -0.05) is 25.4 Å². The molecule has 0 saturated heterocycles. The van der Waals surface area contributed by atoms with Crippen LogP contribution in [0.5, 0.6) is 0 Å². The normalized spacial score (nSPS) is 14.0. The van der Waals surface area contributed by atoms with Gasteiger partial charge in [-0.15, -0.1) is 0 Å². The van der Waals surface area contributed by atoms with Gasteiger partial charge in [-0.2, -0.15) is 4.72 Å². The van der Waals surface area contributed by atoms with Gasteiger partial charge in [-0.25, -0.2) is 8.42 Å². The first-order valence-corrected chi connectivity index (χ1v) is 9.80. The minimum absolute atomic E-state index is 0.00660. The number of rotatable bonds is 8. The first-order chi connectivity index (χ1) is 11.6. The van der Waals surface area contributed by atoms with Crippen molar-refractivity contribution in [2.24, 2.45) is 5.92 Å². The summed E-state index contributed by atoms with van der Waals surface area (Å²) < 4.78 is 27.3. The molecule has 1 rings (SSSR count). The fourth-order valence-electron chi connectivity index (χ4n) is 2.04. The number of hydrogen-bond acceptors (Lipinski definition) is 4. The van der Waals surface area contributed by atoms with Gasteiger partial charge in [0.25, 0.3) is 0 Å². The van der Waals surface area contributed by atoms with Crippen LogP contribution in [-0.2, 0) is 19.6 Å². The van der Waals surface area contributed by atoms with E-state index in [0.29, 0.717) is 11.6 Å². The van der Waals surface area contributed by atoms with Crippen molar-refractivity contribution < 1.29 is 18.0 Å². The van der Waals surface area contributed by atoms with Crippen molar-refractivity contribution in [1.29, 1.82) is 0 Å². The first-order valence-electron chi connectivity index (χ1n) is 7.94. The van der Waals surface area contributed by atoms with E-state index >= 15 is 0 Å². The van der Waals surface area contributed by atoms with E-state index < -0.39 is 28.0 Å². The van der Waals surface area contributed by atoms with Gasteiger partial charge in [0, 0.05) is 11.6 Å². The highest BCUT2D eigenvalue weighted by Gasteiger charge is 2.30. The van der Waals surface area contributed by atoms with Crippen molar-refractivity contribution in [3.63, 3.8) is 0 Å². The Morgan fingerprint density at radius 2 is 1.64 bits per heavy atom. The zero-order valence-electron chi connectivity index (χ0n) is 14.7. The topological polar surface area (TPSA) is 104 Å². The van der Waals surface area contributed by atoms with Gasteiger partial charge >= 0.3 is 0 Å². The van der Waals surface area contributed by atoms with Crippen LogP contribution >= 0.6 is 11.6 Å². The predicted octanol–water partition coefficient (Wildman–Crippen LogP) is 1.28. The summed E-state index contributed by atoms with van der Waals surface area (Å²) in [4.78, 5) is 24.2. The molecule has 140 valence electrons. The number of likely N-dealkylation sites (N-methyl/N-ethyl adjacent to an activating group) is 1. The second-order valence-electron chi connectivity index (χ2n) is 5.92. The van der Waals surface area contributed by atoms with Crippen LogP contribution in [0.15, 0.2) is 29.2 Å². The third-order valence-electron chi connectivity index (χ3n) is 3.46. The monoisotopic (exact) mass is 389 g/mol. The molecule has 0 radical (unpaired) electrons. The molecule has 1 unspecified atom stereocenters. The third kappa shape index (κ3) is 6.30. The fourth-order valence-corrected chi connectivity index (χ4v) is 3.51. The molecule has 9 heteroatoms. The fraction of sp³-hybridized carbons (Fsp3) is 0.500. The molecule has 0 bridgehead atoms. The molecule has 3 N–H and O–H groups in total. The Labute approximate surface area is 153 Å². The van der Waals surface area contributed by atoms with Crippen molar-refractivity contribution in [2.75, 3.05) is 6.54 Å². The van der Waals surface area contributed by atoms with E-state index in [9.17, 15) is 18.0 Å². The number of benzene rings is 1. The van der Waals surface area contributed by atoms with Gasteiger partial charge in [-0.3, -0.25) is 9.59 Å². The SMILES string of the molecule is CCNC(=O)C(C)NC(=O)[C@@H](NS(=O)(=O)c1ccc(Cl)cc1)C(C)C. The number of hydrogen-bond donors (Lipinski definition) is 3. The van der Waals surface area contributed by atoms with E-state index in [2.05, 4.69) is 15.4 Å². The summed E-state index contributed by atoms with van der Waals surface area (Å²) in [6, 6.07) is 3.84. The number of carbonyl (C=O) groups is 2. The Morgan fingerprint density at radius 3 is 2.12 bits per heavy atom. The van der Waals surface area contributed by atoms with E-state index in [1.165, 1.54) is 31.2 Å². The van der Waals surface area contributed by atoms with Crippen LogP contribution in [0.3, 0.4) is 0 Å². The number of halogens is 1. The van der Waals surface area contributed by atoms with E-state index in [1.54, 1.807) is 20.8 Å². The molecule has 0 saturated carbocycles. The van der Waals surface area contributed by atoms with Gasteiger partial charge in [-0.05, 0) is 44.0 Å². The number of amides is 2. The molecule has 0 spiro atoms. The lowest BCUT2D eigenvalue weighted by atomic mass is 10.0. The first kappa shape index (κ1) is 21.4. The maximum Gasteiger partial charge on any atom is 0.242 e. The Bertz CT molecular complexity index is 705. The second kappa shape index (κ2) is 9.17.